The van der Waals surface area contributed by atoms with Gasteiger partial charge in [-0.3, -0.25) is 0 Å². The Morgan fingerprint density at radius 3 is 3.21 bits per heavy atom. The maximum Gasteiger partial charge on any atom is 0.379 e. The Labute approximate surface area is 79.5 Å². The van der Waals surface area contributed by atoms with Crippen molar-refractivity contribution in [3.63, 3.8) is 0 Å². The van der Waals surface area contributed by atoms with E-state index in [2.05, 4.69) is 10.1 Å². The highest BCUT2D eigenvalue weighted by Crippen LogP contribution is 2.16. The Morgan fingerprint density at radius 1 is 1.71 bits per heavy atom. The fourth-order valence-electron chi connectivity index (χ4n) is 1.21. The van der Waals surface area contributed by atoms with Crippen LogP contribution in [0.1, 0.15) is 17.5 Å². The fourth-order valence-corrected chi connectivity index (χ4v) is 1.21. The lowest BCUT2D eigenvalue weighted by Gasteiger charge is -1.97. The largest absolute Gasteiger partial charge is 0.460 e. The minimum absolute atomic E-state index is 0.0989. The number of ether oxygens (including phenoxy) is 1. The van der Waals surface area contributed by atoms with Crippen LogP contribution in [0.5, 0.6) is 0 Å². The van der Waals surface area contributed by atoms with Gasteiger partial charge in [0.25, 0.3) is 5.76 Å². The van der Waals surface area contributed by atoms with Crippen molar-refractivity contribution in [2.24, 2.45) is 7.05 Å². The SMILES string of the molecule is CCOC(=O)c1onc2ncn(C)c12. The predicted octanol–water partition coefficient (Wildman–Crippen LogP) is 0.738. The summed E-state index contributed by atoms with van der Waals surface area (Å²) in [5.74, 6) is -0.416. The number of rotatable bonds is 2. The van der Waals surface area contributed by atoms with E-state index in [1.807, 2.05) is 0 Å². The summed E-state index contributed by atoms with van der Waals surface area (Å²) in [5, 5.41) is 3.64. The molecule has 14 heavy (non-hydrogen) atoms. The van der Waals surface area contributed by atoms with Gasteiger partial charge in [-0.05, 0) is 6.92 Å². The third-order valence-corrected chi connectivity index (χ3v) is 1.82. The molecule has 0 fully saturated rings. The molecule has 0 amide bonds. The Hall–Kier alpha value is -1.85. The number of carbonyl (C=O) groups is 1. The van der Waals surface area contributed by atoms with E-state index in [1.54, 1.807) is 24.9 Å². The molecule has 0 N–H and O–H groups in total. The average Bonchev–Trinajstić information content (AvgIpc) is 2.70. The highest BCUT2D eigenvalue weighted by atomic mass is 16.6. The molecule has 6 heteroatoms. The first-order valence-electron chi connectivity index (χ1n) is 4.18. The van der Waals surface area contributed by atoms with Crippen LogP contribution in [0.3, 0.4) is 0 Å². The second-order valence-electron chi connectivity index (χ2n) is 2.76. The van der Waals surface area contributed by atoms with Crippen LogP contribution in [-0.4, -0.2) is 27.3 Å². The summed E-state index contributed by atoms with van der Waals surface area (Å²) in [4.78, 5) is 15.3. The minimum atomic E-state index is -0.515. The molecule has 0 radical (unpaired) electrons. The zero-order valence-corrected chi connectivity index (χ0v) is 7.85. The number of nitrogens with zero attached hydrogens (tertiary/aromatic N) is 3. The van der Waals surface area contributed by atoms with Gasteiger partial charge in [0.1, 0.15) is 5.52 Å². The van der Waals surface area contributed by atoms with Gasteiger partial charge in [-0.2, -0.15) is 0 Å². The predicted molar refractivity (Wildman–Crippen MR) is 46.7 cm³/mol. The van der Waals surface area contributed by atoms with Gasteiger partial charge in [0.05, 0.1) is 12.9 Å². The summed E-state index contributed by atoms with van der Waals surface area (Å²) < 4.78 is 11.3. The number of carbonyl (C=O) groups excluding carboxylic acids is 1. The van der Waals surface area contributed by atoms with Crippen molar-refractivity contribution >= 4 is 17.1 Å². The molecule has 0 saturated heterocycles. The lowest BCUT2D eigenvalue weighted by atomic mass is 10.4. The number of hydrogen-bond acceptors (Lipinski definition) is 5. The van der Waals surface area contributed by atoms with Crippen LogP contribution >= 0.6 is 0 Å². The standard InChI is InChI=1S/C8H9N3O3/c1-3-13-8(12)6-5-7(10-14-6)9-4-11(5)2/h4H,3H2,1-2H3. The van der Waals surface area contributed by atoms with Gasteiger partial charge in [-0.25, -0.2) is 9.78 Å². The Bertz CT molecular complexity index is 471. The van der Waals surface area contributed by atoms with Crippen LogP contribution in [0.2, 0.25) is 0 Å². The summed E-state index contributed by atoms with van der Waals surface area (Å²) in [6, 6.07) is 0. The zero-order valence-electron chi connectivity index (χ0n) is 7.85. The van der Waals surface area contributed by atoms with E-state index in [4.69, 9.17) is 9.26 Å². The molecule has 0 bridgehead atoms. The van der Waals surface area contributed by atoms with E-state index in [1.165, 1.54) is 0 Å². The van der Waals surface area contributed by atoms with Crippen molar-refractivity contribution in [1.29, 1.82) is 0 Å². The molecule has 0 aromatic carbocycles. The molecular formula is C8H9N3O3. The second kappa shape index (κ2) is 3.13. The van der Waals surface area contributed by atoms with Gasteiger partial charge in [0, 0.05) is 7.05 Å². The number of aryl methyl sites for hydroxylation is 1. The van der Waals surface area contributed by atoms with Gasteiger partial charge in [0.15, 0.2) is 0 Å². The molecule has 0 aliphatic rings. The van der Waals surface area contributed by atoms with Crippen molar-refractivity contribution in [2.75, 3.05) is 6.61 Å². The number of fused-ring (bicyclic) bond motifs is 1. The van der Waals surface area contributed by atoms with E-state index in [0.717, 1.165) is 0 Å². The molecule has 2 rings (SSSR count). The Morgan fingerprint density at radius 2 is 2.50 bits per heavy atom. The molecule has 0 saturated carbocycles. The molecule has 2 aromatic rings. The third-order valence-electron chi connectivity index (χ3n) is 1.82. The van der Waals surface area contributed by atoms with Crippen LogP contribution in [0.15, 0.2) is 10.9 Å². The van der Waals surface area contributed by atoms with E-state index in [0.29, 0.717) is 17.8 Å². The zero-order chi connectivity index (χ0) is 10.1. The molecule has 6 nitrogen and oxygen atoms in total. The Kier molecular flexibility index (Phi) is 1.95. The average molecular weight is 195 g/mol. The van der Waals surface area contributed by atoms with Gasteiger partial charge in [-0.1, -0.05) is 5.16 Å². The lowest BCUT2D eigenvalue weighted by molar-refractivity contribution is 0.0482. The smallest absolute Gasteiger partial charge is 0.379 e. The van der Waals surface area contributed by atoms with Crippen LogP contribution in [0.25, 0.3) is 11.2 Å². The summed E-state index contributed by atoms with van der Waals surface area (Å²) in [7, 11) is 1.76. The van der Waals surface area contributed by atoms with Gasteiger partial charge >= 0.3 is 5.97 Å². The lowest BCUT2D eigenvalue weighted by Crippen LogP contribution is -2.04. The van der Waals surface area contributed by atoms with Crippen molar-refractivity contribution in [3.05, 3.63) is 12.1 Å². The van der Waals surface area contributed by atoms with E-state index >= 15 is 0 Å². The summed E-state index contributed by atoms with van der Waals surface area (Å²) >= 11 is 0. The minimum Gasteiger partial charge on any atom is -0.460 e. The molecule has 0 unspecified atom stereocenters. The summed E-state index contributed by atoms with van der Waals surface area (Å²) in [6.07, 6.45) is 1.57. The van der Waals surface area contributed by atoms with Crippen LogP contribution in [-0.2, 0) is 11.8 Å². The molecule has 0 aliphatic heterocycles. The fraction of sp³-hybridized carbons (Fsp3) is 0.375. The van der Waals surface area contributed by atoms with E-state index in [9.17, 15) is 4.79 Å². The molecule has 74 valence electrons. The van der Waals surface area contributed by atoms with Gasteiger partial charge in [-0.15, -0.1) is 0 Å². The van der Waals surface area contributed by atoms with Gasteiger partial charge in [0.2, 0.25) is 5.65 Å². The van der Waals surface area contributed by atoms with Crippen LogP contribution < -0.4 is 0 Å². The van der Waals surface area contributed by atoms with E-state index in [-0.39, 0.29) is 5.76 Å². The quantitative estimate of drug-likeness (QED) is 0.661. The number of hydrogen-bond donors (Lipinski definition) is 0. The first-order chi connectivity index (χ1) is 6.74. The molecule has 2 heterocycles. The highest BCUT2D eigenvalue weighted by Gasteiger charge is 2.20. The molecule has 0 aliphatic carbocycles. The van der Waals surface area contributed by atoms with Crippen molar-refractivity contribution in [2.45, 2.75) is 6.92 Å². The first kappa shape index (κ1) is 8.74. The summed E-state index contributed by atoms with van der Waals surface area (Å²) in [6.45, 7) is 2.04. The third kappa shape index (κ3) is 1.15. The summed E-state index contributed by atoms with van der Waals surface area (Å²) in [5.41, 5.74) is 0.971. The number of imidazole rings is 1. The molecule has 2 aromatic heterocycles. The van der Waals surface area contributed by atoms with E-state index < -0.39 is 5.97 Å². The maximum absolute atomic E-state index is 11.4. The number of esters is 1. The number of aromatic nitrogens is 3. The van der Waals surface area contributed by atoms with Gasteiger partial charge < -0.3 is 13.8 Å². The van der Waals surface area contributed by atoms with Crippen molar-refractivity contribution in [1.82, 2.24) is 14.7 Å². The molecule has 0 atom stereocenters. The van der Waals surface area contributed by atoms with Crippen LogP contribution in [0.4, 0.5) is 0 Å². The first-order valence-corrected chi connectivity index (χ1v) is 4.18. The maximum atomic E-state index is 11.4. The molecule has 0 spiro atoms. The monoisotopic (exact) mass is 195 g/mol. The topological polar surface area (TPSA) is 70.2 Å². The van der Waals surface area contributed by atoms with Crippen LogP contribution in [0, 0.1) is 0 Å². The van der Waals surface area contributed by atoms with Crippen molar-refractivity contribution in [3.8, 4) is 0 Å². The highest BCUT2D eigenvalue weighted by molar-refractivity contribution is 5.98. The second-order valence-corrected chi connectivity index (χ2v) is 2.76. The Balaban J connectivity index is 2.51. The normalized spacial score (nSPS) is 10.7. The van der Waals surface area contributed by atoms with Crippen molar-refractivity contribution < 1.29 is 14.1 Å². The molecular weight excluding hydrogens is 186 g/mol.